The van der Waals surface area contributed by atoms with Gasteiger partial charge in [-0.2, -0.15) is 0 Å². The molecule has 0 fully saturated rings. The molecule has 0 aliphatic carbocycles. The highest BCUT2D eigenvalue weighted by Gasteiger charge is 2.34. The third-order valence-electron chi connectivity index (χ3n) is 6.33. The summed E-state index contributed by atoms with van der Waals surface area (Å²) >= 11 is 0. The number of benzene rings is 3. The molecule has 0 aliphatic heterocycles. The average Bonchev–Trinajstić information content (AvgIpc) is 2.89. The normalized spacial score (nSPS) is 12.2. The average molecular weight is 554 g/mol. The Morgan fingerprint density at radius 2 is 1.59 bits per heavy atom. The summed E-state index contributed by atoms with van der Waals surface area (Å²) in [5, 5.41) is 2.86. The summed E-state index contributed by atoms with van der Waals surface area (Å²) in [6.07, 6.45) is 0.306. The summed E-state index contributed by atoms with van der Waals surface area (Å²) < 4.78 is 42.5. The number of hydrogen-bond donors (Lipinski definition) is 1. The van der Waals surface area contributed by atoms with Crippen molar-refractivity contribution in [2.75, 3.05) is 10.8 Å². The molecule has 0 radical (unpaired) electrons. The maximum absolute atomic E-state index is 14.0. The van der Waals surface area contributed by atoms with Crippen LogP contribution in [0.15, 0.2) is 77.7 Å². The zero-order valence-corrected chi connectivity index (χ0v) is 23.8. The van der Waals surface area contributed by atoms with Crippen molar-refractivity contribution in [2.24, 2.45) is 0 Å². The second-order valence-corrected chi connectivity index (χ2v) is 11.7. The highest BCUT2D eigenvalue weighted by Crippen LogP contribution is 2.28. The monoisotopic (exact) mass is 553 g/mol. The van der Waals surface area contributed by atoms with E-state index < -0.39 is 34.3 Å². The molecule has 2 amide bonds. The number of aryl methyl sites for hydroxylation is 2. The van der Waals surface area contributed by atoms with Crippen molar-refractivity contribution >= 4 is 27.5 Å². The van der Waals surface area contributed by atoms with Gasteiger partial charge in [-0.1, -0.05) is 49.4 Å². The zero-order chi connectivity index (χ0) is 28.7. The Bertz CT molecular complexity index is 1390. The maximum Gasteiger partial charge on any atom is 0.264 e. The van der Waals surface area contributed by atoms with Gasteiger partial charge < -0.3 is 10.2 Å². The van der Waals surface area contributed by atoms with Gasteiger partial charge in [-0.3, -0.25) is 13.9 Å². The van der Waals surface area contributed by atoms with Crippen molar-refractivity contribution in [3.8, 4) is 0 Å². The molecule has 0 saturated carbocycles. The summed E-state index contributed by atoms with van der Waals surface area (Å²) in [7, 11) is -4.14. The molecule has 0 aromatic heterocycles. The molecule has 39 heavy (non-hydrogen) atoms. The number of sulfonamides is 1. The first-order valence-electron chi connectivity index (χ1n) is 12.9. The Kier molecular flexibility index (Phi) is 9.86. The van der Waals surface area contributed by atoms with Crippen LogP contribution in [0.25, 0.3) is 0 Å². The molecule has 1 atom stereocenters. The van der Waals surface area contributed by atoms with Crippen molar-refractivity contribution in [3.63, 3.8) is 0 Å². The number of anilines is 1. The number of carbonyl (C=O) groups is 2. The van der Waals surface area contributed by atoms with Crippen LogP contribution in [0.5, 0.6) is 0 Å². The van der Waals surface area contributed by atoms with Crippen molar-refractivity contribution in [1.29, 1.82) is 0 Å². The first-order valence-corrected chi connectivity index (χ1v) is 14.4. The molecule has 1 N–H and O–H groups in total. The van der Waals surface area contributed by atoms with Crippen molar-refractivity contribution in [1.82, 2.24) is 10.2 Å². The van der Waals surface area contributed by atoms with Gasteiger partial charge in [0.25, 0.3) is 10.0 Å². The maximum atomic E-state index is 14.0. The summed E-state index contributed by atoms with van der Waals surface area (Å²) in [4.78, 5) is 28.6. The zero-order valence-electron chi connectivity index (χ0n) is 23.0. The molecule has 0 aliphatic rings. The first-order chi connectivity index (χ1) is 18.4. The largest absolute Gasteiger partial charge is 0.352 e. The Labute approximate surface area is 230 Å². The van der Waals surface area contributed by atoms with Gasteiger partial charge in [0, 0.05) is 12.6 Å². The molecule has 7 nitrogen and oxygen atoms in total. The molecule has 0 spiro atoms. The first kappa shape index (κ1) is 29.8. The number of amides is 2. The fourth-order valence-corrected chi connectivity index (χ4v) is 5.80. The second-order valence-electron chi connectivity index (χ2n) is 9.85. The number of nitrogens with one attached hydrogen (secondary N) is 1. The summed E-state index contributed by atoms with van der Waals surface area (Å²) in [6, 6.07) is 18.0. The summed E-state index contributed by atoms with van der Waals surface area (Å²) in [6.45, 7) is 8.56. The van der Waals surface area contributed by atoms with Crippen molar-refractivity contribution in [2.45, 2.75) is 64.6 Å². The van der Waals surface area contributed by atoms with E-state index in [2.05, 4.69) is 5.32 Å². The smallest absolute Gasteiger partial charge is 0.264 e. The minimum Gasteiger partial charge on any atom is -0.352 e. The number of halogens is 1. The van der Waals surface area contributed by atoms with Crippen LogP contribution in [0.1, 0.15) is 43.9 Å². The fourth-order valence-electron chi connectivity index (χ4n) is 4.31. The van der Waals surface area contributed by atoms with Crippen LogP contribution in [0.3, 0.4) is 0 Å². The van der Waals surface area contributed by atoms with Crippen LogP contribution in [0.2, 0.25) is 0 Å². The lowest BCUT2D eigenvalue weighted by molar-refractivity contribution is -0.140. The van der Waals surface area contributed by atoms with Gasteiger partial charge in [0.15, 0.2) is 0 Å². The standard InChI is InChI=1S/C30H36FN3O4S/c1-6-27(30(36)32-21(2)3)33(19-24-14-16-25(31)17-15-24)29(35)20-34(28-18-22(4)12-13-23(28)5)39(37,38)26-10-8-7-9-11-26/h7-18,21,27H,6,19-20H2,1-5H3,(H,32,36)/t27-/m1/s1. The number of nitrogens with zero attached hydrogens (tertiary/aromatic N) is 2. The lowest BCUT2D eigenvalue weighted by Crippen LogP contribution is -2.53. The van der Waals surface area contributed by atoms with Gasteiger partial charge in [0.05, 0.1) is 10.6 Å². The van der Waals surface area contributed by atoms with Gasteiger partial charge in [0.1, 0.15) is 18.4 Å². The van der Waals surface area contributed by atoms with Crippen LogP contribution < -0.4 is 9.62 Å². The molecule has 9 heteroatoms. The molecule has 0 heterocycles. The van der Waals surface area contributed by atoms with Crippen LogP contribution in [-0.2, 0) is 26.2 Å². The van der Waals surface area contributed by atoms with Crippen molar-refractivity contribution < 1.29 is 22.4 Å². The van der Waals surface area contributed by atoms with Gasteiger partial charge in [-0.05, 0) is 81.1 Å². The quantitative estimate of drug-likeness (QED) is 0.363. The van der Waals surface area contributed by atoms with E-state index in [0.29, 0.717) is 23.2 Å². The predicted molar refractivity (Wildman–Crippen MR) is 151 cm³/mol. The lowest BCUT2D eigenvalue weighted by atomic mass is 10.1. The molecule has 0 saturated heterocycles. The Morgan fingerprint density at radius 3 is 2.18 bits per heavy atom. The molecule has 3 rings (SSSR count). The van der Waals surface area contributed by atoms with E-state index in [1.807, 2.05) is 32.9 Å². The van der Waals surface area contributed by atoms with E-state index in [-0.39, 0.29) is 23.4 Å². The Hall–Kier alpha value is -3.72. The SMILES string of the molecule is CC[C@H](C(=O)NC(C)C)N(Cc1ccc(F)cc1)C(=O)CN(c1cc(C)ccc1C)S(=O)(=O)c1ccccc1. The highest BCUT2D eigenvalue weighted by molar-refractivity contribution is 7.92. The number of hydrogen-bond acceptors (Lipinski definition) is 4. The van der Waals surface area contributed by atoms with Gasteiger partial charge in [0.2, 0.25) is 11.8 Å². The van der Waals surface area contributed by atoms with Crippen LogP contribution >= 0.6 is 0 Å². The third kappa shape index (κ3) is 7.44. The lowest BCUT2D eigenvalue weighted by Gasteiger charge is -2.34. The van der Waals surface area contributed by atoms with E-state index >= 15 is 0 Å². The van der Waals surface area contributed by atoms with E-state index in [1.165, 1.54) is 29.2 Å². The minimum absolute atomic E-state index is 0.00909. The van der Waals surface area contributed by atoms with E-state index in [4.69, 9.17) is 0 Å². The van der Waals surface area contributed by atoms with E-state index in [0.717, 1.165) is 9.87 Å². The summed E-state index contributed by atoms with van der Waals surface area (Å²) in [5.74, 6) is -1.31. The molecule has 3 aromatic rings. The van der Waals surface area contributed by atoms with Crippen LogP contribution in [-0.4, -0.2) is 43.8 Å². The molecule has 3 aromatic carbocycles. The molecule has 208 valence electrons. The number of rotatable bonds is 11. The number of carbonyl (C=O) groups excluding carboxylic acids is 2. The van der Waals surface area contributed by atoms with Crippen molar-refractivity contribution in [3.05, 3.63) is 95.3 Å². The predicted octanol–water partition coefficient (Wildman–Crippen LogP) is 4.97. The van der Waals surface area contributed by atoms with Gasteiger partial charge in [-0.25, -0.2) is 12.8 Å². The van der Waals surface area contributed by atoms with Gasteiger partial charge in [-0.15, -0.1) is 0 Å². The van der Waals surface area contributed by atoms with E-state index in [1.54, 1.807) is 50.2 Å². The Balaban J connectivity index is 2.09. The van der Waals surface area contributed by atoms with Crippen LogP contribution in [0, 0.1) is 19.7 Å². The molecule has 0 bridgehead atoms. The third-order valence-corrected chi connectivity index (χ3v) is 8.10. The second kappa shape index (κ2) is 12.9. The molecule has 0 unspecified atom stereocenters. The molecular formula is C30H36FN3O4S. The topological polar surface area (TPSA) is 86.8 Å². The highest BCUT2D eigenvalue weighted by atomic mass is 32.2. The van der Waals surface area contributed by atoms with Crippen LogP contribution in [0.4, 0.5) is 10.1 Å². The fraction of sp³-hybridized carbons (Fsp3) is 0.333. The van der Waals surface area contributed by atoms with E-state index in [9.17, 15) is 22.4 Å². The Morgan fingerprint density at radius 1 is 0.949 bits per heavy atom. The summed E-state index contributed by atoms with van der Waals surface area (Å²) in [5.41, 5.74) is 2.52. The minimum atomic E-state index is -4.14. The van der Waals surface area contributed by atoms with Gasteiger partial charge >= 0.3 is 0 Å². The molecular weight excluding hydrogens is 517 g/mol.